The summed E-state index contributed by atoms with van der Waals surface area (Å²) < 4.78 is 0. The molecule has 0 amide bonds. The van der Waals surface area contributed by atoms with E-state index in [0.717, 1.165) is 11.1 Å². The molecule has 17 heavy (non-hydrogen) atoms. The summed E-state index contributed by atoms with van der Waals surface area (Å²) in [7, 11) is 1.90. The average molecular weight is 267 g/mol. The summed E-state index contributed by atoms with van der Waals surface area (Å²) in [6.45, 7) is 0. The third-order valence-electron chi connectivity index (χ3n) is 2.58. The van der Waals surface area contributed by atoms with Crippen LogP contribution in [-0.2, 0) is 0 Å². The fraction of sp³-hybridized carbons (Fsp3) is 0.154. The van der Waals surface area contributed by atoms with Crippen LogP contribution >= 0.6 is 23.2 Å². The highest BCUT2D eigenvalue weighted by atomic mass is 35.5. The number of pyridine rings is 1. The first-order valence-electron chi connectivity index (χ1n) is 5.24. The van der Waals surface area contributed by atoms with E-state index in [1.165, 1.54) is 0 Å². The summed E-state index contributed by atoms with van der Waals surface area (Å²) in [6, 6.07) is 9.65. The number of aromatic nitrogens is 1. The van der Waals surface area contributed by atoms with Crippen LogP contribution < -0.4 is 5.32 Å². The van der Waals surface area contributed by atoms with Gasteiger partial charge >= 0.3 is 0 Å². The van der Waals surface area contributed by atoms with Crippen molar-refractivity contribution in [1.29, 1.82) is 0 Å². The van der Waals surface area contributed by atoms with Crippen LogP contribution in [0.1, 0.15) is 17.2 Å². The van der Waals surface area contributed by atoms with Gasteiger partial charge in [-0.05, 0) is 36.4 Å². The van der Waals surface area contributed by atoms with Gasteiger partial charge in [0.1, 0.15) is 0 Å². The molecule has 0 fully saturated rings. The van der Waals surface area contributed by atoms with Crippen molar-refractivity contribution in [3.63, 3.8) is 0 Å². The van der Waals surface area contributed by atoms with E-state index in [4.69, 9.17) is 23.2 Å². The van der Waals surface area contributed by atoms with Gasteiger partial charge in [0.05, 0.1) is 16.1 Å². The van der Waals surface area contributed by atoms with E-state index in [1.54, 1.807) is 12.3 Å². The second-order valence-corrected chi connectivity index (χ2v) is 4.50. The van der Waals surface area contributed by atoms with Crippen LogP contribution in [0.25, 0.3) is 0 Å². The largest absolute Gasteiger partial charge is 0.309 e. The van der Waals surface area contributed by atoms with E-state index in [-0.39, 0.29) is 6.04 Å². The number of nitrogens with zero attached hydrogens (tertiary/aromatic N) is 1. The molecule has 2 rings (SSSR count). The third kappa shape index (κ3) is 2.78. The van der Waals surface area contributed by atoms with E-state index in [0.29, 0.717) is 10.0 Å². The minimum absolute atomic E-state index is 0.0680. The van der Waals surface area contributed by atoms with Gasteiger partial charge in [-0.15, -0.1) is 0 Å². The van der Waals surface area contributed by atoms with Crippen molar-refractivity contribution in [2.45, 2.75) is 6.04 Å². The summed E-state index contributed by atoms with van der Waals surface area (Å²) >= 11 is 11.9. The lowest BCUT2D eigenvalue weighted by molar-refractivity contribution is 0.689. The standard InChI is InChI=1S/C13H12Cl2N2/c1-16-13(10-3-2-6-17-8-10)9-4-5-11(14)12(15)7-9/h2-8,13,16H,1H3. The van der Waals surface area contributed by atoms with Gasteiger partial charge in [0.25, 0.3) is 0 Å². The highest BCUT2D eigenvalue weighted by Gasteiger charge is 2.12. The van der Waals surface area contributed by atoms with Crippen LogP contribution in [0.5, 0.6) is 0 Å². The maximum atomic E-state index is 6.03. The van der Waals surface area contributed by atoms with Crippen molar-refractivity contribution in [2.24, 2.45) is 0 Å². The van der Waals surface area contributed by atoms with Crippen molar-refractivity contribution < 1.29 is 0 Å². The van der Waals surface area contributed by atoms with Crippen LogP contribution in [0.3, 0.4) is 0 Å². The molecule has 0 saturated carbocycles. The Hall–Kier alpha value is -1.09. The fourth-order valence-electron chi connectivity index (χ4n) is 1.76. The van der Waals surface area contributed by atoms with Gasteiger partial charge in [0.15, 0.2) is 0 Å². The number of benzene rings is 1. The normalized spacial score (nSPS) is 12.4. The van der Waals surface area contributed by atoms with Crippen LogP contribution in [0.4, 0.5) is 0 Å². The third-order valence-corrected chi connectivity index (χ3v) is 3.32. The lowest BCUT2D eigenvalue weighted by Gasteiger charge is -2.17. The molecule has 0 bridgehead atoms. The topological polar surface area (TPSA) is 24.9 Å². The van der Waals surface area contributed by atoms with Gasteiger partial charge in [-0.3, -0.25) is 4.98 Å². The Bertz CT molecular complexity index is 500. The Morgan fingerprint density at radius 1 is 1.12 bits per heavy atom. The number of hydrogen-bond donors (Lipinski definition) is 1. The van der Waals surface area contributed by atoms with Crippen LogP contribution in [-0.4, -0.2) is 12.0 Å². The summed E-state index contributed by atoms with van der Waals surface area (Å²) in [5.41, 5.74) is 2.16. The summed E-state index contributed by atoms with van der Waals surface area (Å²) in [5, 5.41) is 4.37. The summed E-state index contributed by atoms with van der Waals surface area (Å²) in [4.78, 5) is 4.12. The minimum atomic E-state index is 0.0680. The SMILES string of the molecule is CNC(c1cccnc1)c1ccc(Cl)c(Cl)c1. The zero-order valence-electron chi connectivity index (χ0n) is 9.32. The first-order valence-corrected chi connectivity index (χ1v) is 6.00. The van der Waals surface area contributed by atoms with E-state index < -0.39 is 0 Å². The monoisotopic (exact) mass is 266 g/mol. The van der Waals surface area contributed by atoms with Crippen molar-refractivity contribution in [3.8, 4) is 0 Å². The number of halogens is 2. The van der Waals surface area contributed by atoms with Gasteiger partial charge in [-0.25, -0.2) is 0 Å². The predicted molar refractivity (Wildman–Crippen MR) is 71.6 cm³/mol. The Kier molecular flexibility index (Phi) is 4.00. The Morgan fingerprint density at radius 2 is 1.94 bits per heavy atom. The molecular formula is C13H12Cl2N2. The second kappa shape index (κ2) is 5.50. The van der Waals surface area contributed by atoms with Gasteiger partial charge in [0.2, 0.25) is 0 Å². The molecule has 2 aromatic rings. The Balaban J connectivity index is 2.39. The van der Waals surface area contributed by atoms with Crippen molar-refractivity contribution in [2.75, 3.05) is 7.05 Å². The molecule has 1 unspecified atom stereocenters. The highest BCUT2D eigenvalue weighted by molar-refractivity contribution is 6.42. The van der Waals surface area contributed by atoms with E-state index in [9.17, 15) is 0 Å². The van der Waals surface area contributed by atoms with Gasteiger partial charge in [-0.1, -0.05) is 35.3 Å². The molecule has 0 spiro atoms. The molecular weight excluding hydrogens is 255 g/mol. The van der Waals surface area contributed by atoms with Gasteiger partial charge in [0, 0.05) is 12.4 Å². The molecule has 1 atom stereocenters. The van der Waals surface area contributed by atoms with Crippen molar-refractivity contribution in [1.82, 2.24) is 10.3 Å². The molecule has 0 saturated heterocycles. The van der Waals surface area contributed by atoms with E-state index in [1.807, 2.05) is 37.5 Å². The fourth-order valence-corrected chi connectivity index (χ4v) is 2.07. The maximum absolute atomic E-state index is 6.03. The van der Waals surface area contributed by atoms with Crippen molar-refractivity contribution >= 4 is 23.2 Å². The van der Waals surface area contributed by atoms with E-state index >= 15 is 0 Å². The molecule has 0 aliphatic heterocycles. The minimum Gasteiger partial charge on any atom is -0.309 e. The maximum Gasteiger partial charge on any atom is 0.0595 e. The quantitative estimate of drug-likeness (QED) is 0.917. The van der Waals surface area contributed by atoms with Gasteiger partial charge in [-0.2, -0.15) is 0 Å². The van der Waals surface area contributed by atoms with Crippen LogP contribution in [0.2, 0.25) is 10.0 Å². The molecule has 0 aliphatic carbocycles. The molecule has 1 N–H and O–H groups in total. The Labute approximate surface area is 111 Å². The molecule has 1 aromatic heterocycles. The highest BCUT2D eigenvalue weighted by Crippen LogP contribution is 2.28. The molecule has 2 nitrogen and oxygen atoms in total. The smallest absolute Gasteiger partial charge is 0.0595 e. The Morgan fingerprint density at radius 3 is 2.53 bits per heavy atom. The summed E-state index contributed by atoms with van der Waals surface area (Å²) in [5.74, 6) is 0. The average Bonchev–Trinajstić information content (AvgIpc) is 2.36. The first kappa shape index (κ1) is 12.4. The molecule has 0 aliphatic rings. The summed E-state index contributed by atoms with van der Waals surface area (Å²) in [6.07, 6.45) is 3.59. The number of rotatable bonds is 3. The number of nitrogens with one attached hydrogen (secondary N) is 1. The molecule has 1 heterocycles. The zero-order valence-corrected chi connectivity index (χ0v) is 10.8. The number of hydrogen-bond acceptors (Lipinski definition) is 2. The van der Waals surface area contributed by atoms with Crippen LogP contribution in [0.15, 0.2) is 42.7 Å². The molecule has 88 valence electrons. The lowest BCUT2D eigenvalue weighted by Crippen LogP contribution is -2.17. The van der Waals surface area contributed by atoms with E-state index in [2.05, 4.69) is 10.3 Å². The van der Waals surface area contributed by atoms with Gasteiger partial charge < -0.3 is 5.32 Å². The second-order valence-electron chi connectivity index (χ2n) is 3.68. The molecule has 0 radical (unpaired) electrons. The predicted octanol–water partition coefficient (Wildman–Crippen LogP) is 3.70. The first-order chi connectivity index (χ1) is 8.22. The van der Waals surface area contributed by atoms with Crippen LogP contribution in [0, 0.1) is 0 Å². The molecule has 1 aromatic carbocycles. The van der Waals surface area contributed by atoms with Crippen molar-refractivity contribution in [3.05, 3.63) is 63.9 Å². The molecule has 4 heteroatoms. The zero-order chi connectivity index (χ0) is 12.3. The lowest BCUT2D eigenvalue weighted by atomic mass is 10.0.